The lowest BCUT2D eigenvalue weighted by Gasteiger charge is -2.34. The molecular weight excluding hydrogens is 276 g/mol. The van der Waals surface area contributed by atoms with Crippen LogP contribution in [0.3, 0.4) is 0 Å². The minimum absolute atomic E-state index is 0.315. The smallest absolute Gasteiger partial charge is 0.279 e. The van der Waals surface area contributed by atoms with Crippen LogP contribution in [0.15, 0.2) is 0 Å². The number of hydrogen-bond donors (Lipinski definition) is 2. The summed E-state index contributed by atoms with van der Waals surface area (Å²) in [6, 6.07) is 0.661. The molecular formula is C13H28N4O2S. The Balaban J connectivity index is 1.92. The van der Waals surface area contributed by atoms with Crippen molar-refractivity contribution in [1.29, 1.82) is 0 Å². The molecule has 2 aliphatic heterocycles. The highest BCUT2D eigenvalue weighted by atomic mass is 32.2. The summed E-state index contributed by atoms with van der Waals surface area (Å²) in [6.45, 7) is 8.79. The van der Waals surface area contributed by atoms with Gasteiger partial charge in [-0.15, -0.1) is 0 Å². The first-order chi connectivity index (χ1) is 9.17. The van der Waals surface area contributed by atoms with Gasteiger partial charge in [-0.3, -0.25) is 4.90 Å². The Labute approximate surface area is 122 Å². The lowest BCUT2D eigenvalue weighted by molar-refractivity contribution is 0.158. The number of nitrogens with one attached hydrogen (secondary N) is 1. The van der Waals surface area contributed by atoms with Gasteiger partial charge in [-0.1, -0.05) is 0 Å². The zero-order valence-corrected chi connectivity index (χ0v) is 13.6. The second-order valence-corrected chi connectivity index (χ2v) is 8.70. The number of rotatable bonds is 3. The van der Waals surface area contributed by atoms with Gasteiger partial charge in [0.05, 0.1) is 0 Å². The lowest BCUT2D eigenvalue weighted by atomic mass is 10.0. The van der Waals surface area contributed by atoms with Crippen molar-refractivity contribution in [3.8, 4) is 0 Å². The molecule has 2 fully saturated rings. The van der Waals surface area contributed by atoms with E-state index in [-0.39, 0.29) is 0 Å². The third kappa shape index (κ3) is 4.14. The minimum atomic E-state index is -3.37. The number of piperidine rings is 1. The average molecular weight is 304 g/mol. The predicted molar refractivity (Wildman–Crippen MR) is 80.6 cm³/mol. The van der Waals surface area contributed by atoms with Crippen LogP contribution in [-0.4, -0.2) is 61.4 Å². The fraction of sp³-hybridized carbons (Fsp3) is 1.00. The van der Waals surface area contributed by atoms with Gasteiger partial charge in [0.15, 0.2) is 0 Å². The Morgan fingerprint density at radius 1 is 1.10 bits per heavy atom. The predicted octanol–water partition coefficient (Wildman–Crippen LogP) is 0.117. The van der Waals surface area contributed by atoms with Gasteiger partial charge in [0, 0.05) is 30.7 Å². The molecule has 2 aliphatic rings. The van der Waals surface area contributed by atoms with Crippen LogP contribution < -0.4 is 10.5 Å². The average Bonchev–Trinajstić information content (AvgIpc) is 2.76. The molecule has 7 heteroatoms. The third-order valence-corrected chi connectivity index (χ3v) is 5.87. The molecule has 20 heavy (non-hydrogen) atoms. The standard InChI is InChI=1S/C13H28N4O2S/c1-13(2,3)15-20(18,19)17-9-6-12(10-17)16-7-4-11(14)5-8-16/h11-12,15H,4-10,14H2,1-3H3. The zero-order chi connectivity index (χ0) is 15.0. The quantitative estimate of drug-likeness (QED) is 0.776. The summed E-state index contributed by atoms with van der Waals surface area (Å²) >= 11 is 0. The first-order valence-corrected chi connectivity index (χ1v) is 8.90. The van der Waals surface area contributed by atoms with Crippen molar-refractivity contribution < 1.29 is 8.42 Å². The molecule has 0 aromatic carbocycles. The van der Waals surface area contributed by atoms with Gasteiger partial charge in [-0.05, 0) is 53.1 Å². The molecule has 1 unspecified atom stereocenters. The van der Waals surface area contributed by atoms with Gasteiger partial charge in [-0.25, -0.2) is 0 Å². The zero-order valence-electron chi connectivity index (χ0n) is 12.8. The number of likely N-dealkylation sites (tertiary alicyclic amines) is 1. The Hall–Kier alpha value is -0.210. The summed E-state index contributed by atoms with van der Waals surface area (Å²) < 4.78 is 28.9. The molecule has 0 amide bonds. The van der Waals surface area contributed by atoms with Gasteiger partial charge in [0.25, 0.3) is 10.2 Å². The van der Waals surface area contributed by atoms with Gasteiger partial charge in [0.2, 0.25) is 0 Å². The molecule has 118 valence electrons. The summed E-state index contributed by atoms with van der Waals surface area (Å²) in [6.07, 6.45) is 2.95. The summed E-state index contributed by atoms with van der Waals surface area (Å²) in [5.74, 6) is 0. The van der Waals surface area contributed by atoms with E-state index in [1.54, 1.807) is 4.31 Å². The van der Waals surface area contributed by atoms with E-state index in [1.165, 1.54) is 0 Å². The number of hydrogen-bond acceptors (Lipinski definition) is 4. The van der Waals surface area contributed by atoms with E-state index in [1.807, 2.05) is 20.8 Å². The number of nitrogens with two attached hydrogens (primary N) is 1. The monoisotopic (exact) mass is 304 g/mol. The van der Waals surface area contributed by atoms with E-state index in [2.05, 4.69) is 9.62 Å². The van der Waals surface area contributed by atoms with Crippen LogP contribution >= 0.6 is 0 Å². The van der Waals surface area contributed by atoms with Crippen LogP contribution in [0.1, 0.15) is 40.0 Å². The summed E-state index contributed by atoms with van der Waals surface area (Å²) in [4.78, 5) is 2.40. The molecule has 0 aromatic rings. The summed E-state index contributed by atoms with van der Waals surface area (Å²) in [7, 11) is -3.37. The largest absolute Gasteiger partial charge is 0.328 e. The minimum Gasteiger partial charge on any atom is -0.328 e. The maximum absolute atomic E-state index is 12.3. The van der Waals surface area contributed by atoms with E-state index in [0.717, 1.165) is 32.4 Å². The molecule has 6 nitrogen and oxygen atoms in total. The van der Waals surface area contributed by atoms with Crippen molar-refractivity contribution in [2.24, 2.45) is 5.73 Å². The van der Waals surface area contributed by atoms with Crippen LogP contribution in [0.2, 0.25) is 0 Å². The highest BCUT2D eigenvalue weighted by Gasteiger charge is 2.36. The normalized spacial score (nSPS) is 28.1. The second-order valence-electron chi connectivity index (χ2n) is 7.03. The maximum Gasteiger partial charge on any atom is 0.279 e. The van der Waals surface area contributed by atoms with Crippen molar-refractivity contribution in [2.45, 2.75) is 57.7 Å². The second kappa shape index (κ2) is 5.88. The fourth-order valence-corrected chi connectivity index (χ4v) is 4.58. The molecule has 2 saturated heterocycles. The highest BCUT2D eigenvalue weighted by Crippen LogP contribution is 2.22. The Bertz CT molecular complexity index is 424. The van der Waals surface area contributed by atoms with Crippen LogP contribution in [0.4, 0.5) is 0 Å². The lowest BCUT2D eigenvalue weighted by Crippen LogP contribution is -2.50. The van der Waals surface area contributed by atoms with Crippen LogP contribution in [0.25, 0.3) is 0 Å². The summed E-state index contributed by atoms with van der Waals surface area (Å²) in [5.41, 5.74) is 5.48. The topological polar surface area (TPSA) is 78.7 Å². The van der Waals surface area contributed by atoms with E-state index in [0.29, 0.717) is 25.2 Å². The van der Waals surface area contributed by atoms with Crippen molar-refractivity contribution in [2.75, 3.05) is 26.2 Å². The van der Waals surface area contributed by atoms with E-state index >= 15 is 0 Å². The van der Waals surface area contributed by atoms with E-state index in [9.17, 15) is 8.42 Å². The van der Waals surface area contributed by atoms with Crippen molar-refractivity contribution in [1.82, 2.24) is 13.9 Å². The molecule has 0 saturated carbocycles. The first kappa shape index (κ1) is 16.2. The van der Waals surface area contributed by atoms with Crippen LogP contribution in [0.5, 0.6) is 0 Å². The highest BCUT2D eigenvalue weighted by molar-refractivity contribution is 7.87. The van der Waals surface area contributed by atoms with E-state index < -0.39 is 15.7 Å². The Morgan fingerprint density at radius 2 is 1.70 bits per heavy atom. The van der Waals surface area contributed by atoms with Gasteiger partial charge >= 0.3 is 0 Å². The van der Waals surface area contributed by atoms with Gasteiger partial charge in [-0.2, -0.15) is 17.4 Å². The summed E-state index contributed by atoms with van der Waals surface area (Å²) in [5, 5.41) is 0. The molecule has 0 radical (unpaired) electrons. The molecule has 0 aromatic heterocycles. The van der Waals surface area contributed by atoms with Crippen molar-refractivity contribution >= 4 is 10.2 Å². The fourth-order valence-electron chi connectivity index (χ4n) is 2.96. The van der Waals surface area contributed by atoms with Crippen molar-refractivity contribution in [3.63, 3.8) is 0 Å². The first-order valence-electron chi connectivity index (χ1n) is 7.46. The number of nitrogens with zero attached hydrogens (tertiary/aromatic N) is 2. The molecule has 2 heterocycles. The van der Waals surface area contributed by atoms with E-state index in [4.69, 9.17) is 5.73 Å². The molecule has 2 rings (SSSR count). The molecule has 0 aliphatic carbocycles. The van der Waals surface area contributed by atoms with Crippen LogP contribution in [0, 0.1) is 0 Å². The Morgan fingerprint density at radius 3 is 2.25 bits per heavy atom. The Kier molecular flexibility index (Phi) is 4.76. The van der Waals surface area contributed by atoms with Crippen molar-refractivity contribution in [3.05, 3.63) is 0 Å². The molecule has 3 N–H and O–H groups in total. The van der Waals surface area contributed by atoms with Gasteiger partial charge in [0.1, 0.15) is 0 Å². The van der Waals surface area contributed by atoms with Gasteiger partial charge < -0.3 is 5.73 Å². The molecule has 0 spiro atoms. The van der Waals surface area contributed by atoms with Crippen LogP contribution in [-0.2, 0) is 10.2 Å². The molecule has 1 atom stereocenters. The third-order valence-electron chi connectivity index (χ3n) is 3.99. The molecule has 0 bridgehead atoms. The SMILES string of the molecule is CC(C)(C)NS(=O)(=O)N1CCC(N2CCC(N)CC2)C1. The maximum atomic E-state index is 12.3.